The molecule has 0 spiro atoms. The number of ether oxygens (including phenoxy) is 5. The van der Waals surface area contributed by atoms with Crippen LogP contribution in [-0.2, 0) is 47.7 Å². The highest BCUT2D eigenvalue weighted by molar-refractivity contribution is 5.91. The SMILES string of the molecule is C=C1C(=O)O[C@H]2/C=C(/C)[C@@H](C[C@H]3C(=O)O[C@H]4/C=C(/C)[C@@H](OC(C)=O)CC/C(C)=C/[C@@H](OC(C)=O)[C@@H]43)CC/C(C)=C/[C@@H](OC(C)=O)[C@H]12. The number of allylic oxidation sites excluding steroid dienone is 3. The molecule has 0 aromatic carbocycles. The number of hydrogen-bond acceptors (Lipinski definition) is 10. The predicted molar refractivity (Wildman–Crippen MR) is 168 cm³/mol. The van der Waals surface area contributed by atoms with Gasteiger partial charge in [-0.25, -0.2) is 4.79 Å². The van der Waals surface area contributed by atoms with E-state index in [1.807, 2.05) is 52.0 Å². The second-order valence-electron chi connectivity index (χ2n) is 13.1. The van der Waals surface area contributed by atoms with Crippen molar-refractivity contribution in [2.24, 2.45) is 23.7 Å². The van der Waals surface area contributed by atoms with Gasteiger partial charge in [0.25, 0.3) is 0 Å². The maximum Gasteiger partial charge on any atom is 0.334 e. The maximum atomic E-state index is 13.7. The maximum absolute atomic E-state index is 13.7. The van der Waals surface area contributed by atoms with Crippen LogP contribution in [0, 0.1) is 23.7 Å². The number of fused-ring (bicyclic) bond motifs is 2. The topological polar surface area (TPSA) is 132 Å². The third-order valence-electron chi connectivity index (χ3n) is 9.44. The van der Waals surface area contributed by atoms with E-state index in [0.717, 1.165) is 22.3 Å². The van der Waals surface area contributed by atoms with Crippen molar-refractivity contribution < 1.29 is 47.7 Å². The summed E-state index contributed by atoms with van der Waals surface area (Å²) in [5, 5.41) is 0. The van der Waals surface area contributed by atoms with Crippen LogP contribution in [0.2, 0.25) is 0 Å². The molecule has 10 nitrogen and oxygen atoms in total. The molecule has 4 rings (SSSR count). The van der Waals surface area contributed by atoms with Gasteiger partial charge in [-0.15, -0.1) is 0 Å². The summed E-state index contributed by atoms with van der Waals surface area (Å²) in [6.07, 6.45) is 7.01. The first-order valence-corrected chi connectivity index (χ1v) is 16.0. The monoisotopic (exact) mass is 638 g/mol. The zero-order valence-electron chi connectivity index (χ0n) is 27.8. The zero-order chi connectivity index (χ0) is 33.9. The van der Waals surface area contributed by atoms with Crippen molar-refractivity contribution in [3.8, 4) is 0 Å². The fraction of sp³-hybridized carbons (Fsp3) is 0.583. The molecule has 9 atom stereocenters. The molecule has 2 fully saturated rings. The minimum Gasteiger partial charge on any atom is -0.458 e. The van der Waals surface area contributed by atoms with Crippen LogP contribution in [0.25, 0.3) is 0 Å². The number of carbonyl (C=O) groups excluding carboxylic acids is 5. The van der Waals surface area contributed by atoms with Gasteiger partial charge in [0.15, 0.2) is 0 Å². The van der Waals surface area contributed by atoms with Gasteiger partial charge in [0.2, 0.25) is 0 Å². The quantitative estimate of drug-likeness (QED) is 0.167. The van der Waals surface area contributed by atoms with Crippen LogP contribution in [0.5, 0.6) is 0 Å². The first kappa shape index (κ1) is 34.9. The van der Waals surface area contributed by atoms with Crippen molar-refractivity contribution in [1.82, 2.24) is 0 Å². The van der Waals surface area contributed by atoms with E-state index in [1.165, 1.54) is 20.8 Å². The summed E-state index contributed by atoms with van der Waals surface area (Å²) in [4.78, 5) is 62.5. The Morgan fingerprint density at radius 3 is 1.96 bits per heavy atom. The highest BCUT2D eigenvalue weighted by Gasteiger charge is 2.50. The van der Waals surface area contributed by atoms with Crippen LogP contribution in [0.1, 0.15) is 80.6 Å². The lowest BCUT2D eigenvalue weighted by Gasteiger charge is -2.31. The fourth-order valence-electron chi connectivity index (χ4n) is 7.12. The molecule has 2 heterocycles. The van der Waals surface area contributed by atoms with E-state index in [0.29, 0.717) is 32.1 Å². The molecule has 2 aliphatic heterocycles. The molecular formula is C36H46O10. The smallest absolute Gasteiger partial charge is 0.334 e. The second kappa shape index (κ2) is 14.6. The molecule has 0 aromatic heterocycles. The lowest BCUT2D eigenvalue weighted by molar-refractivity contribution is -0.148. The van der Waals surface area contributed by atoms with Crippen molar-refractivity contribution in [1.29, 1.82) is 0 Å². The summed E-state index contributed by atoms with van der Waals surface area (Å²) in [5.41, 5.74) is 3.84. The molecule has 0 saturated carbocycles. The Kier molecular flexibility index (Phi) is 11.1. The highest BCUT2D eigenvalue weighted by Crippen LogP contribution is 2.43. The zero-order valence-corrected chi connectivity index (χ0v) is 27.8. The van der Waals surface area contributed by atoms with Gasteiger partial charge in [0, 0.05) is 26.3 Å². The van der Waals surface area contributed by atoms with Crippen molar-refractivity contribution in [3.63, 3.8) is 0 Å². The molecule has 250 valence electrons. The molecule has 0 N–H and O–H groups in total. The number of esters is 5. The van der Waals surface area contributed by atoms with E-state index >= 15 is 0 Å². The molecule has 0 radical (unpaired) electrons. The van der Waals surface area contributed by atoms with Gasteiger partial charge in [-0.3, -0.25) is 19.2 Å². The lowest BCUT2D eigenvalue weighted by Crippen LogP contribution is -2.36. The Bertz CT molecular complexity index is 1400. The largest absolute Gasteiger partial charge is 0.458 e. The van der Waals surface area contributed by atoms with Gasteiger partial charge in [-0.1, -0.05) is 23.3 Å². The van der Waals surface area contributed by atoms with E-state index in [9.17, 15) is 24.0 Å². The third-order valence-corrected chi connectivity index (χ3v) is 9.44. The van der Waals surface area contributed by atoms with E-state index in [2.05, 4.69) is 6.58 Å². The summed E-state index contributed by atoms with van der Waals surface area (Å²) in [6, 6.07) is 0. The van der Waals surface area contributed by atoms with E-state index in [1.54, 1.807) is 0 Å². The molecule has 4 aliphatic rings. The lowest BCUT2D eigenvalue weighted by atomic mass is 9.75. The molecule has 46 heavy (non-hydrogen) atoms. The van der Waals surface area contributed by atoms with E-state index < -0.39 is 78.1 Å². The molecular weight excluding hydrogens is 592 g/mol. The van der Waals surface area contributed by atoms with Gasteiger partial charge in [-0.05, 0) is 95.6 Å². The molecule has 0 unspecified atom stereocenters. The van der Waals surface area contributed by atoms with Gasteiger partial charge in [0.1, 0.15) is 30.5 Å². The van der Waals surface area contributed by atoms with Crippen LogP contribution in [0.4, 0.5) is 0 Å². The van der Waals surface area contributed by atoms with E-state index in [-0.39, 0.29) is 11.5 Å². The first-order chi connectivity index (χ1) is 21.6. The van der Waals surface area contributed by atoms with Gasteiger partial charge in [-0.2, -0.15) is 0 Å². The Morgan fingerprint density at radius 2 is 1.33 bits per heavy atom. The van der Waals surface area contributed by atoms with Crippen LogP contribution in [-0.4, -0.2) is 60.4 Å². The molecule has 0 bridgehead atoms. The van der Waals surface area contributed by atoms with Crippen LogP contribution in [0.15, 0.2) is 58.7 Å². The van der Waals surface area contributed by atoms with Gasteiger partial charge < -0.3 is 23.7 Å². The van der Waals surface area contributed by atoms with Gasteiger partial charge in [0.05, 0.1) is 17.8 Å². The minimum atomic E-state index is -0.716. The summed E-state index contributed by atoms with van der Waals surface area (Å²) in [7, 11) is 0. The van der Waals surface area contributed by atoms with Crippen molar-refractivity contribution in [2.45, 2.75) is 111 Å². The van der Waals surface area contributed by atoms with Gasteiger partial charge >= 0.3 is 29.8 Å². The second-order valence-corrected chi connectivity index (χ2v) is 13.1. The Morgan fingerprint density at radius 1 is 0.761 bits per heavy atom. The standard InChI is InChI=1S/C36H46O10/c1-18-9-11-26(20(3)15-31-33(22(5)35(40)45-31)29(13-18)43-24(7)38)17-27-34-30(44-25(8)39)14-19(2)10-12-28(42-23(6)37)21(4)16-32(34)46-36(27)41/h13-16,26-34H,5,9-12,17H2,1-4,6-8H3/b18-13+,19-14+,20-15-,21-16-/t26-,27-,28+,29-,30-,31+,32+,33+,34+/m1/s1. The molecule has 0 amide bonds. The summed E-state index contributed by atoms with van der Waals surface area (Å²) in [6.45, 7) is 15.7. The Labute approximate surface area is 270 Å². The number of rotatable bonds is 5. The number of hydrogen-bond donors (Lipinski definition) is 0. The Balaban J connectivity index is 1.72. The van der Waals surface area contributed by atoms with Crippen LogP contribution >= 0.6 is 0 Å². The normalized spacial score (nSPS) is 38.0. The average molecular weight is 639 g/mol. The molecule has 10 heteroatoms. The Hall–Kier alpha value is -3.95. The summed E-state index contributed by atoms with van der Waals surface area (Å²) in [5.74, 6) is -4.11. The molecule has 2 saturated heterocycles. The third kappa shape index (κ3) is 8.25. The number of carbonyl (C=O) groups is 5. The summed E-state index contributed by atoms with van der Waals surface area (Å²) < 4.78 is 28.8. The fourth-order valence-corrected chi connectivity index (χ4v) is 7.12. The summed E-state index contributed by atoms with van der Waals surface area (Å²) >= 11 is 0. The molecule has 2 aliphatic carbocycles. The minimum absolute atomic E-state index is 0.115. The van der Waals surface area contributed by atoms with Crippen LogP contribution in [0.3, 0.4) is 0 Å². The van der Waals surface area contributed by atoms with Crippen molar-refractivity contribution in [2.75, 3.05) is 0 Å². The average Bonchev–Trinajstić information content (AvgIpc) is 3.39. The van der Waals surface area contributed by atoms with Crippen LogP contribution < -0.4 is 0 Å². The predicted octanol–water partition coefficient (Wildman–Crippen LogP) is 5.42. The highest BCUT2D eigenvalue weighted by atomic mass is 16.6. The first-order valence-electron chi connectivity index (χ1n) is 16.0. The molecule has 0 aromatic rings. The van der Waals surface area contributed by atoms with Crippen molar-refractivity contribution >= 4 is 29.8 Å². The van der Waals surface area contributed by atoms with E-state index in [4.69, 9.17) is 23.7 Å². The van der Waals surface area contributed by atoms with Crippen molar-refractivity contribution in [3.05, 3.63) is 58.7 Å².